The molecule has 0 aromatic carbocycles. The number of carbonyl (C=O) groups excluding carboxylic acids is 1. The molecule has 8 heteroatoms. The lowest BCUT2D eigenvalue weighted by Gasteiger charge is -2.31. The summed E-state index contributed by atoms with van der Waals surface area (Å²) in [5.74, 6) is -1.47. The van der Waals surface area contributed by atoms with E-state index in [0.29, 0.717) is 18.3 Å². The van der Waals surface area contributed by atoms with Crippen molar-refractivity contribution >= 4 is 29.7 Å². The van der Waals surface area contributed by atoms with Gasteiger partial charge < -0.3 is 20.4 Å². The topological polar surface area (TPSA) is 107 Å². The molecule has 0 radical (unpaired) electrons. The van der Waals surface area contributed by atoms with Crippen LogP contribution in [0.3, 0.4) is 0 Å². The zero-order valence-corrected chi connectivity index (χ0v) is 11.5. The summed E-state index contributed by atoms with van der Waals surface area (Å²) in [4.78, 5) is 34.9. The molecule has 1 aliphatic heterocycles. The van der Waals surface area contributed by atoms with Crippen LogP contribution in [0, 0.1) is 0 Å². The predicted molar refractivity (Wildman–Crippen MR) is 70.3 cm³/mol. The Morgan fingerprint density at radius 1 is 1.42 bits per heavy atom. The Kier molecular flexibility index (Phi) is 5.94. The Morgan fingerprint density at radius 3 is 2.63 bits per heavy atom. The van der Waals surface area contributed by atoms with Gasteiger partial charge in [-0.1, -0.05) is 6.92 Å². The molecule has 0 spiro atoms. The summed E-state index contributed by atoms with van der Waals surface area (Å²) in [5.41, 5.74) is 0. The van der Waals surface area contributed by atoms with E-state index >= 15 is 0 Å². The van der Waals surface area contributed by atoms with Gasteiger partial charge in [0.2, 0.25) is 0 Å². The van der Waals surface area contributed by atoms with Gasteiger partial charge in [0.15, 0.2) is 0 Å². The number of nitrogens with one attached hydrogen (secondary N) is 1. The summed E-state index contributed by atoms with van der Waals surface area (Å²) in [6, 6.07) is -1.60. The number of urea groups is 1. The lowest BCUT2D eigenvalue weighted by atomic mass is 10.1. The molecule has 0 aromatic rings. The Labute approximate surface area is 115 Å². The number of aliphatic carboxylic acids is 2. The van der Waals surface area contributed by atoms with E-state index in [9.17, 15) is 14.4 Å². The lowest BCUT2D eigenvalue weighted by molar-refractivity contribution is -0.140. The summed E-state index contributed by atoms with van der Waals surface area (Å²) in [6.45, 7) is 3.15. The van der Waals surface area contributed by atoms with E-state index in [1.165, 1.54) is 0 Å². The Bertz CT molecular complexity index is 363. The molecule has 1 fully saturated rings. The number of hydrogen-bond donors (Lipinski definition) is 3. The maximum Gasteiger partial charge on any atom is 0.326 e. The summed E-state index contributed by atoms with van der Waals surface area (Å²) >= 11 is 1.76. The van der Waals surface area contributed by atoms with E-state index in [0.717, 1.165) is 5.75 Å². The van der Waals surface area contributed by atoms with Crippen LogP contribution in [0.15, 0.2) is 0 Å². The van der Waals surface area contributed by atoms with Crippen LogP contribution in [0.1, 0.15) is 19.8 Å². The standard InChI is InChI=1S/C11H18N2O5S/c1-7-6-13(4-5-19-7)11(18)12-8(10(16)17)2-3-9(14)15/h7-8H,2-6H2,1H3,(H,12,18)(H,14,15)(H,16,17)/t7?,8-/m0/s1. The predicted octanol–water partition coefficient (Wildman–Crippen LogP) is 0.451. The van der Waals surface area contributed by atoms with Crippen LogP contribution in [0.5, 0.6) is 0 Å². The normalized spacial score (nSPS) is 20.7. The van der Waals surface area contributed by atoms with Gasteiger partial charge in [0.05, 0.1) is 0 Å². The molecule has 0 aliphatic carbocycles. The molecule has 2 atom stereocenters. The maximum absolute atomic E-state index is 11.9. The first-order valence-electron chi connectivity index (χ1n) is 6.01. The minimum absolute atomic E-state index is 0.117. The zero-order valence-electron chi connectivity index (χ0n) is 10.7. The lowest BCUT2D eigenvalue weighted by Crippen LogP contribution is -2.51. The highest BCUT2D eigenvalue weighted by Gasteiger charge is 2.26. The zero-order chi connectivity index (χ0) is 14.4. The molecule has 1 rings (SSSR count). The van der Waals surface area contributed by atoms with Crippen molar-refractivity contribution in [2.75, 3.05) is 18.8 Å². The molecular formula is C11H18N2O5S. The van der Waals surface area contributed by atoms with Gasteiger partial charge >= 0.3 is 18.0 Å². The van der Waals surface area contributed by atoms with Crippen LogP contribution in [0.4, 0.5) is 4.79 Å². The van der Waals surface area contributed by atoms with Crippen molar-refractivity contribution in [1.29, 1.82) is 0 Å². The molecule has 7 nitrogen and oxygen atoms in total. The number of thioether (sulfide) groups is 1. The van der Waals surface area contributed by atoms with Crippen LogP contribution in [0.2, 0.25) is 0 Å². The van der Waals surface area contributed by atoms with Crippen molar-refractivity contribution in [2.24, 2.45) is 0 Å². The maximum atomic E-state index is 11.9. The van der Waals surface area contributed by atoms with Gasteiger partial charge in [-0.05, 0) is 6.42 Å². The van der Waals surface area contributed by atoms with Crippen LogP contribution in [-0.4, -0.2) is 63.2 Å². The van der Waals surface area contributed by atoms with Gasteiger partial charge in [-0.15, -0.1) is 0 Å². The van der Waals surface area contributed by atoms with Gasteiger partial charge in [0, 0.05) is 30.5 Å². The number of carboxylic acid groups (broad SMARTS) is 2. The van der Waals surface area contributed by atoms with Crippen molar-refractivity contribution in [3.8, 4) is 0 Å². The molecule has 2 amide bonds. The Balaban J connectivity index is 2.50. The van der Waals surface area contributed by atoms with Gasteiger partial charge in [0.1, 0.15) is 6.04 Å². The number of carbonyl (C=O) groups is 3. The molecular weight excluding hydrogens is 272 g/mol. The third kappa shape index (κ3) is 5.37. The monoisotopic (exact) mass is 290 g/mol. The Hall–Kier alpha value is -1.44. The van der Waals surface area contributed by atoms with Crippen molar-refractivity contribution in [3.63, 3.8) is 0 Å². The molecule has 0 bridgehead atoms. The second-order valence-electron chi connectivity index (χ2n) is 4.40. The average molecular weight is 290 g/mol. The van der Waals surface area contributed by atoms with E-state index in [2.05, 4.69) is 5.32 Å². The largest absolute Gasteiger partial charge is 0.481 e. The third-order valence-electron chi connectivity index (χ3n) is 2.77. The fourth-order valence-electron chi connectivity index (χ4n) is 1.77. The molecule has 3 N–H and O–H groups in total. The van der Waals surface area contributed by atoms with Gasteiger partial charge in [0.25, 0.3) is 0 Å². The van der Waals surface area contributed by atoms with Gasteiger partial charge in [-0.2, -0.15) is 11.8 Å². The first-order chi connectivity index (χ1) is 8.90. The quantitative estimate of drug-likeness (QED) is 0.678. The summed E-state index contributed by atoms with van der Waals surface area (Å²) in [5, 5.41) is 20.2. The summed E-state index contributed by atoms with van der Waals surface area (Å²) in [6.07, 6.45) is -0.405. The van der Waals surface area contributed by atoms with Crippen molar-refractivity contribution in [3.05, 3.63) is 0 Å². The fourth-order valence-corrected chi connectivity index (χ4v) is 2.78. The fraction of sp³-hybridized carbons (Fsp3) is 0.727. The van der Waals surface area contributed by atoms with Crippen molar-refractivity contribution in [2.45, 2.75) is 31.1 Å². The van der Waals surface area contributed by atoms with Gasteiger partial charge in [-0.25, -0.2) is 9.59 Å². The van der Waals surface area contributed by atoms with Crippen LogP contribution < -0.4 is 5.32 Å². The van der Waals surface area contributed by atoms with E-state index < -0.39 is 24.0 Å². The molecule has 1 aliphatic rings. The van der Waals surface area contributed by atoms with E-state index in [4.69, 9.17) is 10.2 Å². The smallest absolute Gasteiger partial charge is 0.326 e. The minimum atomic E-state index is -1.21. The second kappa shape index (κ2) is 7.22. The van der Waals surface area contributed by atoms with Crippen molar-refractivity contribution < 1.29 is 24.6 Å². The highest BCUT2D eigenvalue weighted by atomic mass is 32.2. The molecule has 1 heterocycles. The molecule has 0 aromatic heterocycles. The first-order valence-corrected chi connectivity index (χ1v) is 7.06. The van der Waals surface area contributed by atoms with E-state index in [1.807, 2.05) is 6.92 Å². The molecule has 108 valence electrons. The average Bonchev–Trinajstić information content (AvgIpc) is 2.33. The Morgan fingerprint density at radius 2 is 2.11 bits per heavy atom. The first kappa shape index (κ1) is 15.6. The number of carboxylic acids is 2. The SMILES string of the molecule is CC1CN(C(=O)N[C@@H](CCC(=O)O)C(=O)O)CCS1. The highest BCUT2D eigenvalue weighted by molar-refractivity contribution is 7.99. The van der Waals surface area contributed by atoms with Gasteiger partial charge in [-0.3, -0.25) is 4.79 Å². The number of rotatable bonds is 5. The second-order valence-corrected chi connectivity index (χ2v) is 5.95. The third-order valence-corrected chi connectivity index (χ3v) is 3.91. The number of amides is 2. The summed E-state index contributed by atoms with van der Waals surface area (Å²) < 4.78 is 0. The van der Waals surface area contributed by atoms with E-state index in [1.54, 1.807) is 16.7 Å². The van der Waals surface area contributed by atoms with Crippen molar-refractivity contribution in [1.82, 2.24) is 10.2 Å². The number of hydrogen-bond acceptors (Lipinski definition) is 4. The summed E-state index contributed by atoms with van der Waals surface area (Å²) in [7, 11) is 0. The molecule has 0 saturated carbocycles. The van der Waals surface area contributed by atoms with Crippen LogP contribution in [-0.2, 0) is 9.59 Å². The molecule has 1 unspecified atom stereocenters. The molecule has 1 saturated heterocycles. The van der Waals surface area contributed by atoms with Crippen LogP contribution in [0.25, 0.3) is 0 Å². The minimum Gasteiger partial charge on any atom is -0.481 e. The molecule has 19 heavy (non-hydrogen) atoms. The number of nitrogens with zero attached hydrogens (tertiary/aromatic N) is 1. The highest BCUT2D eigenvalue weighted by Crippen LogP contribution is 2.17. The van der Waals surface area contributed by atoms with E-state index in [-0.39, 0.29) is 12.8 Å². The van der Waals surface area contributed by atoms with Crippen LogP contribution >= 0.6 is 11.8 Å².